The molecule has 0 radical (unpaired) electrons. The van der Waals surface area contributed by atoms with Crippen LogP contribution in [0.5, 0.6) is 17.2 Å². The minimum Gasteiger partial charge on any atom is -0.502 e. The molecule has 0 amide bonds. The van der Waals surface area contributed by atoms with Crippen molar-refractivity contribution in [2.24, 2.45) is 4.99 Å². The average Bonchev–Trinajstić information content (AvgIpc) is 2.78. The van der Waals surface area contributed by atoms with Crippen LogP contribution in [0.25, 0.3) is 0 Å². The zero-order valence-electron chi connectivity index (χ0n) is 18.3. The standard InChI is InChI=1S/C23H31ClN4O3/c1-4-25-23(26-14-16-12-20(30-2)22(29)21(13-16)31-3)27-17-8-7-11-28(15-17)19-10-6-5-9-18(19)24/h5-6,9-10,12-13,17,29H,4,7-8,11,14-15H2,1-3H3,(H2,25,26,27). The number of methoxy groups -OCH3 is 2. The lowest BCUT2D eigenvalue weighted by molar-refractivity contribution is 0.339. The van der Waals surface area contributed by atoms with Crippen molar-refractivity contribution in [2.45, 2.75) is 32.4 Å². The number of para-hydroxylation sites is 1. The first-order valence-electron chi connectivity index (χ1n) is 10.5. The monoisotopic (exact) mass is 446 g/mol. The van der Waals surface area contributed by atoms with Crippen LogP contribution in [0.4, 0.5) is 5.69 Å². The highest BCUT2D eigenvalue weighted by molar-refractivity contribution is 6.33. The largest absolute Gasteiger partial charge is 0.502 e. The predicted octanol–water partition coefficient (Wildman–Crippen LogP) is 3.79. The number of phenols is 1. The topological polar surface area (TPSA) is 78.4 Å². The van der Waals surface area contributed by atoms with E-state index in [1.807, 2.05) is 25.1 Å². The number of hydrogen-bond acceptors (Lipinski definition) is 5. The van der Waals surface area contributed by atoms with Gasteiger partial charge in [0.1, 0.15) is 0 Å². The zero-order valence-corrected chi connectivity index (χ0v) is 19.1. The number of ether oxygens (including phenoxy) is 2. The SMILES string of the molecule is CCNC(=NCc1cc(OC)c(O)c(OC)c1)NC1CCCN(c2ccccc2Cl)C1. The van der Waals surface area contributed by atoms with Gasteiger partial charge in [-0.2, -0.15) is 0 Å². The maximum absolute atomic E-state index is 10.1. The molecule has 2 aromatic rings. The number of nitrogens with zero attached hydrogens (tertiary/aromatic N) is 2. The van der Waals surface area contributed by atoms with Crippen LogP contribution in [0.2, 0.25) is 5.02 Å². The summed E-state index contributed by atoms with van der Waals surface area (Å²) in [6, 6.07) is 11.8. The summed E-state index contributed by atoms with van der Waals surface area (Å²) in [4.78, 5) is 7.05. The molecule has 1 atom stereocenters. The maximum Gasteiger partial charge on any atom is 0.200 e. The minimum atomic E-state index is -0.00960. The van der Waals surface area contributed by atoms with Crippen molar-refractivity contribution in [3.8, 4) is 17.2 Å². The number of halogens is 1. The normalized spacial score (nSPS) is 16.7. The second-order valence-electron chi connectivity index (χ2n) is 7.43. The molecule has 0 saturated carbocycles. The van der Waals surface area contributed by atoms with Gasteiger partial charge in [-0.1, -0.05) is 23.7 Å². The molecule has 1 unspecified atom stereocenters. The molecule has 1 fully saturated rings. The van der Waals surface area contributed by atoms with E-state index in [2.05, 4.69) is 21.6 Å². The van der Waals surface area contributed by atoms with Crippen LogP contribution in [0.3, 0.4) is 0 Å². The minimum absolute atomic E-state index is 0.00960. The van der Waals surface area contributed by atoms with Crippen LogP contribution < -0.4 is 25.0 Å². The number of guanidine groups is 1. The van der Waals surface area contributed by atoms with Gasteiger partial charge >= 0.3 is 0 Å². The predicted molar refractivity (Wildman–Crippen MR) is 126 cm³/mol. The summed E-state index contributed by atoms with van der Waals surface area (Å²) < 4.78 is 10.5. The molecule has 1 saturated heterocycles. The first-order valence-corrected chi connectivity index (χ1v) is 10.9. The Morgan fingerprint density at radius 3 is 2.58 bits per heavy atom. The number of nitrogens with one attached hydrogen (secondary N) is 2. The molecule has 31 heavy (non-hydrogen) atoms. The van der Waals surface area contributed by atoms with E-state index in [4.69, 9.17) is 26.1 Å². The summed E-state index contributed by atoms with van der Waals surface area (Å²) in [5.41, 5.74) is 1.95. The van der Waals surface area contributed by atoms with E-state index in [9.17, 15) is 5.11 Å². The summed E-state index contributed by atoms with van der Waals surface area (Å²) in [6.07, 6.45) is 2.14. The summed E-state index contributed by atoms with van der Waals surface area (Å²) in [5, 5.41) is 17.8. The van der Waals surface area contributed by atoms with E-state index in [0.717, 1.165) is 54.7 Å². The fourth-order valence-corrected chi connectivity index (χ4v) is 4.00. The second-order valence-corrected chi connectivity index (χ2v) is 7.83. The van der Waals surface area contributed by atoms with Gasteiger partial charge in [-0.15, -0.1) is 0 Å². The second kappa shape index (κ2) is 11.0. The molecule has 0 aliphatic carbocycles. The smallest absolute Gasteiger partial charge is 0.200 e. The highest BCUT2D eigenvalue weighted by Crippen LogP contribution is 2.37. The third-order valence-electron chi connectivity index (χ3n) is 5.26. The Morgan fingerprint density at radius 2 is 1.94 bits per heavy atom. The summed E-state index contributed by atoms with van der Waals surface area (Å²) in [7, 11) is 3.03. The number of rotatable bonds is 7. The molecule has 168 valence electrons. The lowest BCUT2D eigenvalue weighted by atomic mass is 10.0. The van der Waals surface area contributed by atoms with Gasteiger partial charge in [0.25, 0.3) is 0 Å². The summed E-state index contributed by atoms with van der Waals surface area (Å²) in [6.45, 7) is 5.07. The highest BCUT2D eigenvalue weighted by atomic mass is 35.5. The molecule has 3 N–H and O–H groups in total. The average molecular weight is 447 g/mol. The van der Waals surface area contributed by atoms with E-state index in [1.165, 1.54) is 14.2 Å². The van der Waals surface area contributed by atoms with E-state index < -0.39 is 0 Å². The van der Waals surface area contributed by atoms with Crippen LogP contribution in [0.1, 0.15) is 25.3 Å². The fraction of sp³-hybridized carbons (Fsp3) is 0.435. The Kier molecular flexibility index (Phi) is 8.12. The Bertz CT molecular complexity index is 881. The van der Waals surface area contributed by atoms with Crippen molar-refractivity contribution in [1.82, 2.24) is 10.6 Å². The summed E-state index contributed by atoms with van der Waals surface area (Å²) in [5.74, 6) is 1.47. The number of anilines is 1. The van der Waals surface area contributed by atoms with E-state index >= 15 is 0 Å². The van der Waals surface area contributed by atoms with Gasteiger partial charge < -0.3 is 30.1 Å². The van der Waals surface area contributed by atoms with Crippen molar-refractivity contribution in [3.05, 3.63) is 47.0 Å². The zero-order chi connectivity index (χ0) is 22.2. The molecule has 7 nitrogen and oxygen atoms in total. The number of hydrogen-bond donors (Lipinski definition) is 3. The Balaban J connectivity index is 1.71. The first-order chi connectivity index (χ1) is 15.0. The van der Waals surface area contributed by atoms with Gasteiger partial charge in [-0.25, -0.2) is 4.99 Å². The van der Waals surface area contributed by atoms with Gasteiger partial charge in [-0.3, -0.25) is 0 Å². The van der Waals surface area contributed by atoms with Gasteiger partial charge in [0.05, 0.1) is 31.5 Å². The molecule has 1 aliphatic rings. The molecule has 1 heterocycles. The van der Waals surface area contributed by atoms with Crippen molar-refractivity contribution in [1.29, 1.82) is 0 Å². The van der Waals surface area contributed by atoms with Crippen molar-refractivity contribution < 1.29 is 14.6 Å². The van der Waals surface area contributed by atoms with Crippen LogP contribution in [-0.2, 0) is 6.54 Å². The maximum atomic E-state index is 10.1. The number of piperidine rings is 1. The molecule has 8 heteroatoms. The van der Waals surface area contributed by atoms with Crippen molar-refractivity contribution >= 4 is 23.2 Å². The van der Waals surface area contributed by atoms with Crippen LogP contribution in [0, 0.1) is 0 Å². The van der Waals surface area contributed by atoms with Gasteiger partial charge in [0.2, 0.25) is 5.75 Å². The van der Waals surface area contributed by atoms with E-state index in [-0.39, 0.29) is 11.8 Å². The van der Waals surface area contributed by atoms with Gasteiger partial charge in [0, 0.05) is 25.7 Å². The fourth-order valence-electron chi connectivity index (χ4n) is 3.74. The Hall–Kier alpha value is -2.80. The number of aliphatic imine (C=N–C) groups is 1. The third-order valence-corrected chi connectivity index (χ3v) is 5.58. The Labute approximate surface area is 189 Å². The van der Waals surface area contributed by atoms with Crippen molar-refractivity contribution in [3.63, 3.8) is 0 Å². The van der Waals surface area contributed by atoms with E-state index in [0.29, 0.717) is 18.0 Å². The van der Waals surface area contributed by atoms with Crippen LogP contribution in [0.15, 0.2) is 41.4 Å². The summed E-state index contributed by atoms with van der Waals surface area (Å²) >= 11 is 6.40. The van der Waals surface area contributed by atoms with Gasteiger partial charge in [0.15, 0.2) is 17.5 Å². The molecule has 2 aromatic carbocycles. The molecule has 0 aromatic heterocycles. The molecular formula is C23H31ClN4O3. The molecular weight excluding hydrogens is 416 g/mol. The highest BCUT2D eigenvalue weighted by Gasteiger charge is 2.22. The quantitative estimate of drug-likeness (QED) is 0.443. The van der Waals surface area contributed by atoms with Gasteiger partial charge in [-0.05, 0) is 49.6 Å². The lowest BCUT2D eigenvalue weighted by Crippen LogP contribution is -2.51. The molecule has 3 rings (SSSR count). The van der Waals surface area contributed by atoms with E-state index in [1.54, 1.807) is 12.1 Å². The third kappa shape index (κ3) is 5.88. The molecule has 1 aliphatic heterocycles. The molecule has 0 bridgehead atoms. The number of phenolic OH excluding ortho intramolecular Hbond substituents is 1. The first kappa shape index (κ1) is 22.9. The lowest BCUT2D eigenvalue weighted by Gasteiger charge is -2.35. The molecule has 0 spiro atoms. The Morgan fingerprint density at radius 1 is 1.23 bits per heavy atom. The number of benzene rings is 2. The van der Waals surface area contributed by atoms with Crippen LogP contribution >= 0.6 is 11.6 Å². The van der Waals surface area contributed by atoms with Crippen molar-refractivity contribution in [2.75, 3.05) is 38.8 Å². The van der Waals surface area contributed by atoms with Crippen LogP contribution in [-0.4, -0.2) is 51.0 Å². The number of aromatic hydroxyl groups is 1.